The highest BCUT2D eigenvalue weighted by molar-refractivity contribution is 9.09. The Labute approximate surface area is 196 Å². The number of nitrogens with one attached hydrogen (secondary N) is 1. The summed E-state index contributed by atoms with van der Waals surface area (Å²) in [6.45, 7) is 1.74. The molecule has 5 rings (SSSR count). The van der Waals surface area contributed by atoms with Gasteiger partial charge in [-0.1, -0.05) is 40.5 Å². The van der Waals surface area contributed by atoms with Crippen molar-refractivity contribution >= 4 is 26.8 Å². The fraction of sp³-hybridized carbons (Fsp3) is 0.391. The van der Waals surface area contributed by atoms with Crippen LogP contribution in [0.25, 0.3) is 22.2 Å². The molecule has 10 heteroatoms. The molecule has 172 valence electrons. The fourth-order valence-corrected chi connectivity index (χ4v) is 4.88. The van der Waals surface area contributed by atoms with Gasteiger partial charge >= 0.3 is 6.18 Å². The molecule has 0 saturated heterocycles. The van der Waals surface area contributed by atoms with Crippen LogP contribution in [-0.2, 0) is 13.2 Å². The molecule has 0 bridgehead atoms. The molecule has 1 saturated carbocycles. The van der Waals surface area contributed by atoms with Crippen LogP contribution in [0.5, 0.6) is 0 Å². The van der Waals surface area contributed by atoms with Crippen LogP contribution >= 0.6 is 15.9 Å². The molecule has 6 nitrogen and oxygen atoms in total. The largest absolute Gasteiger partial charge is 0.433 e. The number of nitrogens with zero attached hydrogens (tertiary/aromatic N) is 5. The minimum absolute atomic E-state index is 0.0712. The lowest BCUT2D eigenvalue weighted by molar-refractivity contribution is -0.141. The summed E-state index contributed by atoms with van der Waals surface area (Å²) in [6, 6.07) is 8.93. The maximum atomic E-state index is 13.6. The Bertz CT molecular complexity index is 1310. The molecule has 1 fully saturated rings. The number of rotatable bonds is 5. The zero-order chi connectivity index (χ0) is 23.3. The summed E-state index contributed by atoms with van der Waals surface area (Å²) in [4.78, 5) is 3.47. The maximum Gasteiger partial charge on any atom is 0.433 e. The van der Waals surface area contributed by atoms with Crippen molar-refractivity contribution in [1.29, 1.82) is 0 Å². The number of pyridine rings is 1. The molecule has 1 aromatic carbocycles. The molecule has 3 heterocycles. The molecule has 33 heavy (non-hydrogen) atoms. The van der Waals surface area contributed by atoms with Crippen LogP contribution in [0.2, 0.25) is 0 Å². The molecule has 1 aliphatic carbocycles. The van der Waals surface area contributed by atoms with Crippen LogP contribution in [0.4, 0.5) is 13.2 Å². The number of aromatic nitrogens is 6. The molecular weight excluding hydrogens is 497 g/mol. The Hall–Kier alpha value is -2.75. The number of aromatic amines is 1. The van der Waals surface area contributed by atoms with Crippen molar-refractivity contribution in [2.45, 2.75) is 43.1 Å². The van der Waals surface area contributed by atoms with Crippen molar-refractivity contribution in [2.24, 2.45) is 13.0 Å². The molecule has 0 radical (unpaired) electrons. The fourth-order valence-electron chi connectivity index (χ4n) is 4.55. The van der Waals surface area contributed by atoms with E-state index in [1.165, 1.54) is 6.42 Å². The Balaban J connectivity index is 1.65. The van der Waals surface area contributed by atoms with Crippen LogP contribution in [0.1, 0.15) is 59.7 Å². The highest BCUT2D eigenvalue weighted by atomic mass is 79.9. The normalized spacial score (nSPS) is 16.7. The smallest absolute Gasteiger partial charge is 0.320 e. The topological polar surface area (TPSA) is 72.3 Å². The van der Waals surface area contributed by atoms with Gasteiger partial charge in [0, 0.05) is 23.9 Å². The number of aryl methyl sites for hydroxylation is 1. The van der Waals surface area contributed by atoms with Crippen molar-refractivity contribution in [3.05, 3.63) is 59.4 Å². The van der Waals surface area contributed by atoms with Crippen LogP contribution in [-0.4, -0.2) is 29.9 Å². The number of alkyl halides is 4. The first-order valence-electron chi connectivity index (χ1n) is 10.8. The summed E-state index contributed by atoms with van der Waals surface area (Å²) in [6.07, 6.45) is 0.548. The van der Waals surface area contributed by atoms with Gasteiger partial charge in [0.2, 0.25) is 0 Å². The minimum atomic E-state index is -4.55. The third-order valence-corrected chi connectivity index (χ3v) is 6.85. The predicted molar refractivity (Wildman–Crippen MR) is 122 cm³/mol. The van der Waals surface area contributed by atoms with E-state index in [4.69, 9.17) is 0 Å². The monoisotopic (exact) mass is 518 g/mol. The van der Waals surface area contributed by atoms with Gasteiger partial charge in [-0.25, -0.2) is 4.98 Å². The quantitative estimate of drug-likeness (QED) is 0.321. The van der Waals surface area contributed by atoms with Gasteiger partial charge < -0.3 is 4.57 Å². The zero-order valence-corrected chi connectivity index (χ0v) is 19.7. The molecule has 4 aromatic rings. The zero-order valence-electron chi connectivity index (χ0n) is 18.1. The summed E-state index contributed by atoms with van der Waals surface area (Å²) in [5.74, 6) is 1.42. The number of hydrogen-bond acceptors (Lipinski definition) is 4. The summed E-state index contributed by atoms with van der Waals surface area (Å²) in [7, 11) is 1.93. The maximum absolute atomic E-state index is 13.6. The number of benzene rings is 1. The molecule has 0 amide bonds. The minimum Gasteiger partial charge on any atom is -0.320 e. The van der Waals surface area contributed by atoms with Gasteiger partial charge in [-0.15, -0.1) is 10.2 Å². The summed E-state index contributed by atoms with van der Waals surface area (Å²) >= 11 is 3.37. The molecule has 0 spiro atoms. The lowest BCUT2D eigenvalue weighted by Gasteiger charge is -2.33. The average molecular weight is 519 g/mol. The van der Waals surface area contributed by atoms with E-state index < -0.39 is 11.9 Å². The van der Waals surface area contributed by atoms with Crippen molar-refractivity contribution in [2.75, 3.05) is 0 Å². The average Bonchev–Trinajstić information content (AvgIpc) is 3.35. The molecule has 1 aliphatic rings. The molecule has 1 unspecified atom stereocenters. The van der Waals surface area contributed by atoms with E-state index in [2.05, 4.69) is 41.3 Å². The number of hydrogen-bond donors (Lipinski definition) is 1. The van der Waals surface area contributed by atoms with E-state index >= 15 is 0 Å². The molecule has 3 aromatic heterocycles. The van der Waals surface area contributed by atoms with Crippen LogP contribution in [0, 0.1) is 5.92 Å². The van der Waals surface area contributed by atoms with Crippen molar-refractivity contribution in [3.63, 3.8) is 0 Å². The lowest BCUT2D eigenvalue weighted by atomic mass is 9.72. The van der Waals surface area contributed by atoms with E-state index in [-0.39, 0.29) is 16.4 Å². The highest BCUT2D eigenvalue weighted by Gasteiger charge is 2.35. The van der Waals surface area contributed by atoms with Gasteiger partial charge in [0.25, 0.3) is 0 Å². The van der Waals surface area contributed by atoms with Gasteiger partial charge in [0.15, 0.2) is 0 Å². The lowest BCUT2D eigenvalue weighted by Crippen LogP contribution is -2.24. The van der Waals surface area contributed by atoms with Gasteiger partial charge in [0.1, 0.15) is 23.5 Å². The first-order chi connectivity index (χ1) is 15.7. The van der Waals surface area contributed by atoms with Crippen LogP contribution < -0.4 is 0 Å². The summed E-state index contributed by atoms with van der Waals surface area (Å²) < 4.78 is 42.7. The van der Waals surface area contributed by atoms with Gasteiger partial charge in [-0.3, -0.25) is 5.10 Å². The first-order valence-corrected chi connectivity index (χ1v) is 11.7. The van der Waals surface area contributed by atoms with Gasteiger partial charge in [-0.2, -0.15) is 18.3 Å². The predicted octanol–water partition coefficient (Wildman–Crippen LogP) is 6.16. The number of halogens is 4. The molecule has 1 N–H and O–H groups in total. The molecule has 2 atom stereocenters. The third kappa shape index (κ3) is 3.94. The molecular formula is C23H22BrF3N6. The number of H-pyrrole nitrogens is 1. The summed E-state index contributed by atoms with van der Waals surface area (Å²) in [5, 5.41) is 16.1. The second-order valence-electron chi connectivity index (χ2n) is 8.60. The second-order valence-corrected chi connectivity index (χ2v) is 9.97. The van der Waals surface area contributed by atoms with Crippen molar-refractivity contribution < 1.29 is 13.2 Å². The van der Waals surface area contributed by atoms with E-state index in [1.54, 1.807) is 13.3 Å². The van der Waals surface area contributed by atoms with Crippen LogP contribution in [0.15, 0.2) is 36.7 Å². The van der Waals surface area contributed by atoms with Gasteiger partial charge in [0.05, 0.1) is 16.0 Å². The third-order valence-electron chi connectivity index (χ3n) is 6.41. The van der Waals surface area contributed by atoms with E-state index in [0.717, 1.165) is 35.9 Å². The SMILES string of the molecule is CC(Br)c1nc(C(F)(F)F)cc2c(-c3cccc([C@H](c4nncn4C)C4CCC4)c3)n[nH]c12. The second kappa shape index (κ2) is 8.23. The van der Waals surface area contributed by atoms with Crippen molar-refractivity contribution in [1.82, 2.24) is 29.9 Å². The Morgan fingerprint density at radius 1 is 1.21 bits per heavy atom. The Kier molecular flexibility index (Phi) is 5.50. The van der Waals surface area contributed by atoms with Crippen LogP contribution in [0.3, 0.4) is 0 Å². The van der Waals surface area contributed by atoms with Crippen molar-refractivity contribution in [3.8, 4) is 11.3 Å². The summed E-state index contributed by atoms with van der Waals surface area (Å²) in [5.41, 5.74) is 2.13. The first kappa shape index (κ1) is 22.1. The molecule has 0 aliphatic heterocycles. The standard InChI is InChI=1S/C23H22BrF3N6/c1-12(24)19-21-16(10-17(29-19)23(25,26)27)20(30-31-21)15-8-4-7-14(9-15)18(13-5-3-6-13)22-32-28-11-33(22)2/h4,7-13,18H,3,5-6H2,1-2H3,(H,30,31)/t12?,18-/m1/s1. The Morgan fingerprint density at radius 3 is 2.61 bits per heavy atom. The van der Waals surface area contributed by atoms with E-state index in [9.17, 15) is 13.2 Å². The van der Waals surface area contributed by atoms with E-state index in [0.29, 0.717) is 22.5 Å². The Morgan fingerprint density at radius 2 is 2.00 bits per heavy atom. The highest BCUT2D eigenvalue weighted by Crippen LogP contribution is 2.44. The van der Waals surface area contributed by atoms with E-state index in [1.807, 2.05) is 35.9 Å². The van der Waals surface area contributed by atoms with Gasteiger partial charge in [-0.05, 0) is 43.4 Å². The number of fused-ring (bicyclic) bond motifs is 1.